The number of aldehydes is 2. The van der Waals surface area contributed by atoms with Crippen molar-refractivity contribution in [3.8, 4) is 34.4 Å². The van der Waals surface area contributed by atoms with E-state index in [1.807, 2.05) is 24.3 Å². The topological polar surface area (TPSA) is 98.5 Å². The van der Waals surface area contributed by atoms with E-state index < -0.39 is 0 Å². The molecule has 0 N–H and O–H groups in total. The van der Waals surface area contributed by atoms with E-state index in [0.717, 1.165) is 39.7 Å². The molecule has 0 spiro atoms. The summed E-state index contributed by atoms with van der Waals surface area (Å²) in [5.41, 5.74) is 8.35. The number of hydrogen-bond donors (Lipinski definition) is 0. The molecule has 8 heteroatoms. The van der Waals surface area contributed by atoms with Crippen molar-refractivity contribution in [1.82, 2.24) is 4.98 Å². The van der Waals surface area contributed by atoms with E-state index in [1.54, 1.807) is 42.6 Å². The fraction of sp³-hybridized carbons (Fsp3) is 0.135. The lowest BCUT2D eigenvalue weighted by molar-refractivity contribution is 0.111. The number of rotatable bonds is 12. The zero-order valence-electron chi connectivity index (χ0n) is 24.7. The molecule has 0 unspecified atom stereocenters. The molecule has 4 aromatic carbocycles. The molecule has 0 saturated carbocycles. The zero-order chi connectivity index (χ0) is 31.8. The van der Waals surface area contributed by atoms with Gasteiger partial charge in [0.05, 0.1) is 16.1 Å². The van der Waals surface area contributed by atoms with Crippen LogP contribution in [0.1, 0.15) is 54.1 Å². The maximum absolute atomic E-state index is 11.7. The lowest BCUT2D eigenvalue weighted by Gasteiger charge is -2.17. The smallest absolute Gasteiger partial charge is 0.153 e. The number of hydrogen-bond acceptors (Lipinski definition) is 7. The van der Waals surface area contributed by atoms with E-state index in [2.05, 4.69) is 37.0 Å². The van der Waals surface area contributed by atoms with Crippen LogP contribution < -0.4 is 14.2 Å². The number of aromatic nitrogens is 1. The normalized spacial score (nSPS) is 10.5. The third-order valence-corrected chi connectivity index (χ3v) is 7.78. The second-order valence-corrected chi connectivity index (χ2v) is 10.8. The van der Waals surface area contributed by atoms with Crippen LogP contribution in [-0.2, 0) is 19.8 Å². The van der Waals surface area contributed by atoms with E-state index >= 15 is 0 Å². The van der Waals surface area contributed by atoms with Gasteiger partial charge in [-0.05, 0) is 83.6 Å². The van der Waals surface area contributed by atoms with Gasteiger partial charge in [-0.1, -0.05) is 48.0 Å². The highest BCUT2D eigenvalue weighted by Gasteiger charge is 2.15. The summed E-state index contributed by atoms with van der Waals surface area (Å²) >= 11 is 6.48. The van der Waals surface area contributed by atoms with Crippen molar-refractivity contribution >= 4 is 24.2 Å². The van der Waals surface area contributed by atoms with Gasteiger partial charge >= 0.3 is 0 Å². The summed E-state index contributed by atoms with van der Waals surface area (Å²) < 4.78 is 18.1. The summed E-state index contributed by atoms with van der Waals surface area (Å²) in [5, 5.41) is 9.42. The summed E-state index contributed by atoms with van der Waals surface area (Å²) in [4.78, 5) is 26.7. The van der Waals surface area contributed by atoms with Crippen LogP contribution in [0.3, 0.4) is 0 Å². The number of nitriles is 1. The van der Waals surface area contributed by atoms with Crippen molar-refractivity contribution in [2.75, 3.05) is 0 Å². The Balaban J connectivity index is 1.32. The molecule has 0 aliphatic rings. The van der Waals surface area contributed by atoms with Crippen molar-refractivity contribution in [3.05, 3.63) is 141 Å². The molecule has 7 nitrogen and oxygen atoms in total. The predicted octanol–water partition coefficient (Wildman–Crippen LogP) is 8.25. The van der Waals surface area contributed by atoms with Gasteiger partial charge < -0.3 is 14.2 Å². The van der Waals surface area contributed by atoms with E-state index in [-0.39, 0.29) is 23.8 Å². The van der Waals surface area contributed by atoms with Crippen LogP contribution >= 0.6 is 11.6 Å². The van der Waals surface area contributed by atoms with Crippen LogP contribution in [0.15, 0.2) is 91.3 Å². The maximum Gasteiger partial charge on any atom is 0.153 e. The Morgan fingerprint density at radius 2 is 1.40 bits per heavy atom. The van der Waals surface area contributed by atoms with Crippen LogP contribution in [0.5, 0.6) is 17.2 Å². The van der Waals surface area contributed by atoms with Crippen LogP contribution in [0, 0.1) is 25.2 Å². The molecule has 0 fully saturated rings. The molecule has 1 heterocycles. The average Bonchev–Trinajstić information content (AvgIpc) is 3.07. The highest BCUT2D eigenvalue weighted by atomic mass is 35.5. The first kappa shape index (κ1) is 31.0. The first-order chi connectivity index (χ1) is 21.9. The zero-order valence-corrected chi connectivity index (χ0v) is 25.5. The third kappa shape index (κ3) is 7.38. The molecule has 0 atom stereocenters. The first-order valence-electron chi connectivity index (χ1n) is 14.1. The Morgan fingerprint density at radius 1 is 0.756 bits per heavy atom. The average molecular weight is 617 g/mol. The summed E-state index contributed by atoms with van der Waals surface area (Å²) in [6.45, 7) is 4.88. The van der Waals surface area contributed by atoms with Crippen molar-refractivity contribution in [2.24, 2.45) is 0 Å². The van der Waals surface area contributed by atoms with Crippen molar-refractivity contribution in [2.45, 2.75) is 33.7 Å². The number of carbonyl (C=O) groups is 2. The first-order valence-corrected chi connectivity index (χ1v) is 14.5. The SMILES string of the molecule is Cc1c(COc2ccc(C=O)cc2)cccc1-c1cccc(COc2cc(OCc3cncc(C#N)c3)c(C=O)cc2Cl)c1C. The molecule has 0 aliphatic heterocycles. The monoisotopic (exact) mass is 616 g/mol. The lowest BCUT2D eigenvalue weighted by Crippen LogP contribution is -2.03. The number of ether oxygens (including phenoxy) is 3. The van der Waals surface area contributed by atoms with Crippen molar-refractivity contribution < 1.29 is 23.8 Å². The number of carbonyl (C=O) groups excluding carboxylic acids is 2. The van der Waals surface area contributed by atoms with Crippen LogP contribution in [0.4, 0.5) is 0 Å². The highest BCUT2D eigenvalue weighted by molar-refractivity contribution is 6.32. The van der Waals surface area contributed by atoms with E-state index in [0.29, 0.717) is 46.8 Å². The van der Waals surface area contributed by atoms with E-state index in [4.69, 9.17) is 31.1 Å². The molecular formula is C37H29ClN2O5. The molecule has 5 aromatic rings. The predicted molar refractivity (Wildman–Crippen MR) is 172 cm³/mol. The van der Waals surface area contributed by atoms with Gasteiger partial charge in [0.1, 0.15) is 49.4 Å². The van der Waals surface area contributed by atoms with E-state index in [9.17, 15) is 9.59 Å². The van der Waals surface area contributed by atoms with Gasteiger partial charge in [-0.25, -0.2) is 0 Å². The summed E-state index contributed by atoms with van der Waals surface area (Å²) in [6, 6.07) is 26.1. The van der Waals surface area contributed by atoms with E-state index in [1.165, 1.54) is 12.3 Å². The number of halogens is 1. The van der Waals surface area contributed by atoms with Gasteiger partial charge in [0, 0.05) is 29.6 Å². The molecule has 0 bridgehead atoms. The van der Waals surface area contributed by atoms with Gasteiger partial charge in [0.2, 0.25) is 0 Å². The minimum absolute atomic E-state index is 0.113. The Kier molecular flexibility index (Phi) is 9.88. The van der Waals surface area contributed by atoms with Gasteiger partial charge in [-0.3, -0.25) is 14.6 Å². The fourth-order valence-corrected chi connectivity index (χ4v) is 5.12. The molecule has 0 radical (unpaired) electrons. The standard InChI is InChI=1S/C37H29ClN2O5/c1-24-29(22-43-32-11-9-26(19-41)10-12-32)5-3-7-33(24)34-8-4-6-30(25(34)2)23-45-37-15-36(31(20-42)14-35(37)38)44-21-28-13-27(16-39)17-40-18-28/h3-15,17-20H,21-23H2,1-2H3. The highest BCUT2D eigenvalue weighted by Crippen LogP contribution is 2.35. The second kappa shape index (κ2) is 14.3. The summed E-state index contributed by atoms with van der Waals surface area (Å²) in [5.74, 6) is 1.38. The van der Waals surface area contributed by atoms with Gasteiger partial charge in [0.25, 0.3) is 0 Å². The molecule has 224 valence electrons. The fourth-order valence-electron chi connectivity index (χ4n) is 4.89. The Morgan fingerprint density at radius 3 is 2.02 bits per heavy atom. The maximum atomic E-state index is 11.7. The van der Waals surface area contributed by atoms with Crippen LogP contribution in [0.25, 0.3) is 11.1 Å². The molecule has 0 saturated heterocycles. The number of pyridine rings is 1. The summed E-state index contributed by atoms with van der Waals surface area (Å²) in [7, 11) is 0. The minimum atomic E-state index is 0.113. The Bertz CT molecular complexity index is 1900. The third-order valence-electron chi connectivity index (χ3n) is 7.49. The Labute approximate surface area is 266 Å². The van der Waals surface area contributed by atoms with Gasteiger partial charge in [-0.15, -0.1) is 0 Å². The quantitative estimate of drug-likeness (QED) is 0.130. The molecule has 0 aliphatic carbocycles. The van der Waals surface area contributed by atoms with Gasteiger partial charge in [0.15, 0.2) is 6.29 Å². The van der Waals surface area contributed by atoms with Crippen LogP contribution in [0.2, 0.25) is 5.02 Å². The number of nitrogens with zero attached hydrogens (tertiary/aromatic N) is 2. The second-order valence-electron chi connectivity index (χ2n) is 10.4. The molecule has 45 heavy (non-hydrogen) atoms. The molecule has 5 rings (SSSR count). The lowest BCUT2D eigenvalue weighted by atomic mass is 9.92. The van der Waals surface area contributed by atoms with Crippen molar-refractivity contribution in [1.29, 1.82) is 5.26 Å². The van der Waals surface area contributed by atoms with Crippen LogP contribution in [-0.4, -0.2) is 17.6 Å². The van der Waals surface area contributed by atoms with Gasteiger partial charge in [-0.2, -0.15) is 5.26 Å². The Hall–Kier alpha value is -5.45. The molecule has 1 aromatic heterocycles. The number of benzene rings is 4. The summed E-state index contributed by atoms with van der Waals surface area (Å²) in [6.07, 6.45) is 4.55. The van der Waals surface area contributed by atoms with Crippen molar-refractivity contribution in [3.63, 3.8) is 0 Å². The largest absolute Gasteiger partial charge is 0.489 e. The molecular weight excluding hydrogens is 588 g/mol. The minimum Gasteiger partial charge on any atom is -0.489 e. The molecule has 0 amide bonds.